The van der Waals surface area contributed by atoms with Crippen molar-refractivity contribution >= 4 is 23.1 Å². The van der Waals surface area contributed by atoms with Crippen LogP contribution >= 0.6 is 11.6 Å². The van der Waals surface area contributed by atoms with Crippen LogP contribution in [-0.4, -0.2) is 30.6 Å². The Morgan fingerprint density at radius 3 is 2.65 bits per heavy atom. The van der Waals surface area contributed by atoms with Crippen LogP contribution in [0.15, 0.2) is 18.2 Å². The lowest BCUT2D eigenvalue weighted by Crippen LogP contribution is -2.21. The molecule has 0 aliphatic heterocycles. The fourth-order valence-corrected chi connectivity index (χ4v) is 1.84. The molecule has 0 heterocycles. The smallest absolute Gasteiger partial charge is 0.161 e. The number of aliphatic hydroxyl groups excluding tert-OH is 1. The van der Waals surface area contributed by atoms with Gasteiger partial charge in [0, 0.05) is 24.8 Å². The van der Waals surface area contributed by atoms with Gasteiger partial charge >= 0.3 is 0 Å². The minimum absolute atomic E-state index is 0.0341. The second-order valence-electron chi connectivity index (χ2n) is 4.28. The first-order valence-electron chi connectivity index (χ1n) is 5.61. The van der Waals surface area contributed by atoms with E-state index in [4.69, 9.17) is 11.6 Å². The van der Waals surface area contributed by atoms with Crippen LogP contribution in [-0.2, 0) is 0 Å². The van der Waals surface area contributed by atoms with Gasteiger partial charge in [-0.3, -0.25) is 4.79 Å². The normalized spacial score (nSPS) is 12.3. The molecule has 4 heteroatoms. The van der Waals surface area contributed by atoms with Gasteiger partial charge in [0.1, 0.15) is 0 Å². The van der Waals surface area contributed by atoms with Crippen LogP contribution in [0.1, 0.15) is 30.6 Å². The molecule has 0 spiro atoms. The van der Waals surface area contributed by atoms with Gasteiger partial charge in [-0.15, -0.1) is 0 Å². The Balaban J connectivity index is 2.79. The van der Waals surface area contributed by atoms with Crippen molar-refractivity contribution in [2.45, 2.75) is 26.4 Å². The van der Waals surface area contributed by atoms with Crippen LogP contribution in [0.5, 0.6) is 0 Å². The van der Waals surface area contributed by atoms with E-state index in [1.807, 2.05) is 18.0 Å². The van der Waals surface area contributed by atoms with Crippen LogP contribution in [0.4, 0.5) is 5.69 Å². The Kier molecular flexibility index (Phi) is 4.97. The molecule has 0 saturated heterocycles. The fraction of sp³-hybridized carbons (Fsp3) is 0.462. The number of Topliss-reactive ketones (excluding diaryl/α,β-unsaturated/α-hetero) is 1. The first-order valence-corrected chi connectivity index (χ1v) is 5.99. The second kappa shape index (κ2) is 6.03. The van der Waals surface area contributed by atoms with E-state index in [2.05, 4.69) is 0 Å². The molecular formula is C13H18ClNO2. The molecule has 0 aliphatic rings. The molecule has 17 heavy (non-hydrogen) atoms. The molecule has 0 saturated carbocycles. The zero-order chi connectivity index (χ0) is 13.0. The number of anilines is 1. The van der Waals surface area contributed by atoms with E-state index in [-0.39, 0.29) is 11.9 Å². The Morgan fingerprint density at radius 2 is 2.18 bits per heavy atom. The number of rotatable bonds is 5. The first kappa shape index (κ1) is 14.0. The van der Waals surface area contributed by atoms with Crippen molar-refractivity contribution in [3.8, 4) is 0 Å². The van der Waals surface area contributed by atoms with Gasteiger partial charge in [-0.25, -0.2) is 0 Å². The number of aliphatic hydroxyl groups is 1. The summed E-state index contributed by atoms with van der Waals surface area (Å²) in [7, 11) is 1.93. The molecule has 0 radical (unpaired) electrons. The molecule has 0 aromatic heterocycles. The maximum Gasteiger partial charge on any atom is 0.161 e. The SMILES string of the molecule is CC(=O)c1ccc(N(C)CCC(C)O)cc1Cl. The summed E-state index contributed by atoms with van der Waals surface area (Å²) in [5, 5.41) is 9.69. The largest absolute Gasteiger partial charge is 0.393 e. The number of carbonyl (C=O) groups excluding carboxylic acids is 1. The molecule has 1 rings (SSSR count). The van der Waals surface area contributed by atoms with E-state index in [1.165, 1.54) is 6.92 Å². The first-order chi connectivity index (χ1) is 7.91. The van der Waals surface area contributed by atoms with Crippen molar-refractivity contribution in [3.05, 3.63) is 28.8 Å². The summed E-state index contributed by atoms with van der Waals surface area (Å²) in [5.74, 6) is -0.0341. The summed E-state index contributed by atoms with van der Waals surface area (Å²) in [6.45, 7) is 4.01. The van der Waals surface area contributed by atoms with Crippen LogP contribution in [0.25, 0.3) is 0 Å². The van der Waals surface area contributed by atoms with E-state index in [0.717, 1.165) is 12.2 Å². The van der Waals surface area contributed by atoms with Gasteiger partial charge in [-0.05, 0) is 38.5 Å². The van der Waals surface area contributed by atoms with Gasteiger partial charge in [0.05, 0.1) is 11.1 Å². The minimum atomic E-state index is -0.315. The Labute approximate surface area is 107 Å². The number of ketones is 1. The quantitative estimate of drug-likeness (QED) is 0.823. The predicted molar refractivity (Wildman–Crippen MR) is 71.0 cm³/mol. The van der Waals surface area contributed by atoms with E-state index in [1.54, 1.807) is 19.1 Å². The molecule has 3 nitrogen and oxygen atoms in total. The highest BCUT2D eigenvalue weighted by molar-refractivity contribution is 6.34. The number of hydrogen-bond acceptors (Lipinski definition) is 3. The molecular weight excluding hydrogens is 238 g/mol. The second-order valence-corrected chi connectivity index (χ2v) is 4.69. The van der Waals surface area contributed by atoms with Crippen molar-refractivity contribution in [1.29, 1.82) is 0 Å². The molecule has 94 valence electrons. The standard InChI is InChI=1S/C13H18ClNO2/c1-9(16)6-7-15(3)11-4-5-12(10(2)17)13(14)8-11/h4-5,8-9,16H,6-7H2,1-3H3. The van der Waals surface area contributed by atoms with Gasteiger partial charge < -0.3 is 10.0 Å². The molecule has 1 atom stereocenters. The summed E-state index contributed by atoms with van der Waals surface area (Å²) < 4.78 is 0. The van der Waals surface area contributed by atoms with E-state index < -0.39 is 0 Å². The topological polar surface area (TPSA) is 40.5 Å². The summed E-state index contributed by atoms with van der Waals surface area (Å²) in [4.78, 5) is 13.2. The summed E-state index contributed by atoms with van der Waals surface area (Å²) in [5.41, 5.74) is 1.49. The molecule has 1 unspecified atom stereocenters. The van der Waals surface area contributed by atoms with Crippen molar-refractivity contribution in [3.63, 3.8) is 0 Å². The Bertz CT molecular complexity index is 404. The molecule has 0 aliphatic carbocycles. The van der Waals surface area contributed by atoms with Gasteiger partial charge in [0.25, 0.3) is 0 Å². The molecule has 0 fully saturated rings. The lowest BCUT2D eigenvalue weighted by Gasteiger charge is -2.20. The van der Waals surface area contributed by atoms with Crippen LogP contribution < -0.4 is 4.90 Å². The van der Waals surface area contributed by atoms with Crippen LogP contribution in [0, 0.1) is 0 Å². The Hall–Kier alpha value is -1.06. The summed E-state index contributed by atoms with van der Waals surface area (Å²) in [6, 6.07) is 5.38. The van der Waals surface area contributed by atoms with E-state index in [0.29, 0.717) is 17.0 Å². The number of hydrogen-bond donors (Lipinski definition) is 1. The van der Waals surface area contributed by atoms with Gasteiger partial charge in [-0.1, -0.05) is 11.6 Å². The highest BCUT2D eigenvalue weighted by Gasteiger charge is 2.09. The molecule has 1 N–H and O–H groups in total. The van der Waals surface area contributed by atoms with Crippen LogP contribution in [0.2, 0.25) is 5.02 Å². The van der Waals surface area contributed by atoms with Gasteiger partial charge in [-0.2, -0.15) is 0 Å². The number of carbonyl (C=O) groups is 1. The average Bonchev–Trinajstić information content (AvgIpc) is 2.25. The lowest BCUT2D eigenvalue weighted by atomic mass is 10.1. The zero-order valence-electron chi connectivity index (χ0n) is 10.4. The third-order valence-electron chi connectivity index (χ3n) is 2.66. The molecule has 1 aromatic rings. The number of benzene rings is 1. The summed E-state index contributed by atoms with van der Waals surface area (Å²) >= 11 is 6.03. The fourth-order valence-electron chi connectivity index (χ4n) is 1.54. The zero-order valence-corrected chi connectivity index (χ0v) is 11.2. The van der Waals surface area contributed by atoms with Gasteiger partial charge in [0.2, 0.25) is 0 Å². The predicted octanol–water partition coefficient (Wildman–Crippen LogP) is 2.75. The maximum absolute atomic E-state index is 11.2. The van der Waals surface area contributed by atoms with Crippen molar-refractivity contribution < 1.29 is 9.90 Å². The molecule has 0 bridgehead atoms. The summed E-state index contributed by atoms with van der Waals surface area (Å²) in [6.07, 6.45) is 0.382. The lowest BCUT2D eigenvalue weighted by molar-refractivity contribution is 0.101. The van der Waals surface area contributed by atoms with Gasteiger partial charge in [0.15, 0.2) is 5.78 Å². The average molecular weight is 256 g/mol. The third-order valence-corrected chi connectivity index (χ3v) is 2.97. The number of nitrogens with zero attached hydrogens (tertiary/aromatic N) is 1. The van der Waals surface area contributed by atoms with Crippen molar-refractivity contribution in [1.82, 2.24) is 0 Å². The number of halogens is 1. The highest BCUT2D eigenvalue weighted by Crippen LogP contribution is 2.23. The van der Waals surface area contributed by atoms with Crippen LogP contribution in [0.3, 0.4) is 0 Å². The maximum atomic E-state index is 11.2. The molecule has 1 aromatic carbocycles. The molecule has 0 amide bonds. The van der Waals surface area contributed by atoms with E-state index >= 15 is 0 Å². The minimum Gasteiger partial charge on any atom is -0.393 e. The highest BCUT2D eigenvalue weighted by atomic mass is 35.5. The monoisotopic (exact) mass is 255 g/mol. The van der Waals surface area contributed by atoms with E-state index in [9.17, 15) is 9.90 Å². The Morgan fingerprint density at radius 1 is 1.53 bits per heavy atom. The third kappa shape index (κ3) is 4.02. The van der Waals surface area contributed by atoms with Crippen molar-refractivity contribution in [2.24, 2.45) is 0 Å². The van der Waals surface area contributed by atoms with Crippen molar-refractivity contribution in [2.75, 3.05) is 18.5 Å².